The van der Waals surface area contributed by atoms with Crippen LogP contribution in [0.4, 0.5) is 0 Å². The fourth-order valence-corrected chi connectivity index (χ4v) is 1.31. The van der Waals surface area contributed by atoms with E-state index in [1.54, 1.807) is 0 Å². The standard InChI is InChI=1S/C6H14O3S.Na.H2O/c1-6(2,3)4-5-10(7,8)9;;/h4-5H2,1-3H3,(H,7,8,9);;1H2. The summed E-state index contributed by atoms with van der Waals surface area (Å²) in [5, 5.41) is 0. The Bertz CT molecular complexity index is 192. The molecule has 0 heterocycles. The third-order valence-corrected chi connectivity index (χ3v) is 1.83. The molecule has 0 bridgehead atoms. The number of rotatable bonds is 2. The van der Waals surface area contributed by atoms with Crippen LogP contribution in [0, 0.1) is 5.41 Å². The molecule has 4 nitrogen and oxygen atoms in total. The van der Waals surface area contributed by atoms with Crippen molar-refractivity contribution in [3.8, 4) is 0 Å². The second-order valence-electron chi connectivity index (χ2n) is 3.60. The van der Waals surface area contributed by atoms with Gasteiger partial charge in [0.05, 0.1) is 5.75 Å². The third-order valence-electron chi connectivity index (χ3n) is 1.11. The van der Waals surface area contributed by atoms with Gasteiger partial charge < -0.3 is 5.48 Å². The van der Waals surface area contributed by atoms with Crippen molar-refractivity contribution in [3.05, 3.63) is 0 Å². The summed E-state index contributed by atoms with van der Waals surface area (Å²) in [6.07, 6.45) is 0.492. The van der Waals surface area contributed by atoms with E-state index in [-0.39, 0.29) is 46.2 Å². The second-order valence-corrected chi connectivity index (χ2v) is 5.17. The van der Waals surface area contributed by atoms with E-state index in [0.717, 1.165) is 0 Å². The fraction of sp³-hybridized carbons (Fsp3) is 1.00. The molecule has 0 saturated carbocycles. The van der Waals surface area contributed by atoms with Crippen molar-refractivity contribution in [2.24, 2.45) is 5.41 Å². The maximum atomic E-state index is 10.2. The van der Waals surface area contributed by atoms with Crippen LogP contribution in [0.5, 0.6) is 0 Å². The van der Waals surface area contributed by atoms with Gasteiger partial charge >= 0.3 is 0 Å². The van der Waals surface area contributed by atoms with Crippen LogP contribution in [0.2, 0.25) is 0 Å². The molecule has 0 aromatic heterocycles. The fourth-order valence-electron chi connectivity index (χ4n) is 0.435. The first kappa shape index (κ1) is 18.6. The van der Waals surface area contributed by atoms with Crippen LogP contribution in [-0.4, -0.2) is 53.8 Å². The summed E-state index contributed by atoms with van der Waals surface area (Å²) >= 11 is 0. The molecule has 3 N–H and O–H groups in total. The minimum Gasteiger partial charge on any atom is -0.412 e. The zero-order valence-electron chi connectivity index (χ0n) is 8.09. The van der Waals surface area contributed by atoms with Crippen molar-refractivity contribution in [1.29, 1.82) is 0 Å². The van der Waals surface area contributed by atoms with E-state index in [0.29, 0.717) is 6.42 Å². The number of hydrogen-bond donors (Lipinski definition) is 1. The van der Waals surface area contributed by atoms with Gasteiger partial charge in [-0.05, 0) is 11.8 Å². The molecule has 0 spiro atoms. The molecule has 0 amide bonds. The second kappa shape index (κ2) is 6.34. The molecule has 71 valence electrons. The first-order valence-corrected chi connectivity index (χ1v) is 4.77. The summed E-state index contributed by atoms with van der Waals surface area (Å²) in [4.78, 5) is 0. The van der Waals surface area contributed by atoms with E-state index in [2.05, 4.69) is 0 Å². The average Bonchev–Trinajstić information content (AvgIpc) is 1.57. The Kier molecular flexibility index (Phi) is 9.84. The molecular formula is C6H16NaO4S. The Labute approximate surface area is 96.1 Å². The van der Waals surface area contributed by atoms with Crippen LogP contribution in [-0.2, 0) is 10.1 Å². The minimum absolute atomic E-state index is 0. The SMILES string of the molecule is CC(C)(C)CCS(=O)(=O)O.O.[Na]. The van der Waals surface area contributed by atoms with Crippen LogP contribution in [0.15, 0.2) is 0 Å². The molecule has 0 aliphatic rings. The monoisotopic (exact) mass is 207 g/mol. The Balaban J connectivity index is -0.000000405. The summed E-state index contributed by atoms with van der Waals surface area (Å²) in [6, 6.07) is 0. The van der Waals surface area contributed by atoms with E-state index in [1.807, 2.05) is 20.8 Å². The van der Waals surface area contributed by atoms with Crippen molar-refractivity contribution in [3.63, 3.8) is 0 Å². The molecule has 0 saturated heterocycles. The summed E-state index contributed by atoms with van der Waals surface area (Å²) in [5.41, 5.74) is -0.0319. The van der Waals surface area contributed by atoms with Gasteiger partial charge in [0.1, 0.15) is 0 Å². The van der Waals surface area contributed by atoms with Gasteiger partial charge in [-0.1, -0.05) is 20.8 Å². The average molecular weight is 207 g/mol. The van der Waals surface area contributed by atoms with Gasteiger partial charge in [-0.25, -0.2) is 0 Å². The first-order chi connectivity index (χ1) is 4.21. The van der Waals surface area contributed by atoms with Crippen LogP contribution < -0.4 is 0 Å². The molecule has 0 aromatic rings. The summed E-state index contributed by atoms with van der Waals surface area (Å²) in [7, 11) is -3.76. The third kappa shape index (κ3) is 17.1. The van der Waals surface area contributed by atoms with Gasteiger partial charge in [-0.2, -0.15) is 8.42 Å². The molecule has 12 heavy (non-hydrogen) atoms. The van der Waals surface area contributed by atoms with E-state index in [4.69, 9.17) is 4.55 Å². The molecule has 6 heteroatoms. The topological polar surface area (TPSA) is 85.9 Å². The van der Waals surface area contributed by atoms with Crippen LogP contribution in [0.3, 0.4) is 0 Å². The molecule has 0 aliphatic heterocycles. The maximum Gasteiger partial charge on any atom is 0.264 e. The molecular weight excluding hydrogens is 191 g/mol. The van der Waals surface area contributed by atoms with Gasteiger partial charge in [0, 0.05) is 29.6 Å². The molecule has 0 aliphatic carbocycles. The van der Waals surface area contributed by atoms with Gasteiger partial charge in [-0.3, -0.25) is 4.55 Å². The van der Waals surface area contributed by atoms with E-state index >= 15 is 0 Å². The van der Waals surface area contributed by atoms with Gasteiger partial charge in [-0.15, -0.1) is 0 Å². The zero-order chi connectivity index (χ0) is 8.41. The van der Waals surface area contributed by atoms with Gasteiger partial charge in [0.15, 0.2) is 0 Å². The van der Waals surface area contributed by atoms with Crippen LogP contribution in [0.25, 0.3) is 0 Å². The summed E-state index contributed by atoms with van der Waals surface area (Å²) in [5.74, 6) is -0.142. The zero-order valence-corrected chi connectivity index (χ0v) is 10.9. The largest absolute Gasteiger partial charge is 0.412 e. The quantitative estimate of drug-likeness (QED) is 0.515. The van der Waals surface area contributed by atoms with Crippen molar-refractivity contribution in [2.45, 2.75) is 27.2 Å². The van der Waals surface area contributed by atoms with Crippen LogP contribution >= 0.6 is 0 Å². The normalized spacial score (nSPS) is 11.3. The van der Waals surface area contributed by atoms with Crippen LogP contribution in [0.1, 0.15) is 27.2 Å². The van der Waals surface area contributed by atoms with E-state index < -0.39 is 10.1 Å². The maximum absolute atomic E-state index is 10.2. The Morgan fingerprint density at radius 1 is 1.25 bits per heavy atom. The van der Waals surface area contributed by atoms with Gasteiger partial charge in [0.2, 0.25) is 0 Å². The predicted molar refractivity (Wildman–Crippen MR) is 49.9 cm³/mol. The van der Waals surface area contributed by atoms with Crippen molar-refractivity contribution in [2.75, 3.05) is 5.75 Å². The van der Waals surface area contributed by atoms with E-state index in [9.17, 15) is 8.42 Å². The van der Waals surface area contributed by atoms with E-state index in [1.165, 1.54) is 0 Å². The van der Waals surface area contributed by atoms with Crippen molar-refractivity contribution >= 4 is 39.7 Å². The minimum atomic E-state index is -3.76. The summed E-state index contributed by atoms with van der Waals surface area (Å²) < 4.78 is 28.8. The van der Waals surface area contributed by atoms with Crippen molar-refractivity contribution < 1.29 is 18.4 Å². The first-order valence-electron chi connectivity index (χ1n) is 3.16. The molecule has 0 fully saturated rings. The molecule has 1 radical (unpaired) electrons. The van der Waals surface area contributed by atoms with Gasteiger partial charge in [0.25, 0.3) is 10.1 Å². The summed E-state index contributed by atoms with van der Waals surface area (Å²) in [6.45, 7) is 5.79. The Morgan fingerprint density at radius 2 is 1.58 bits per heavy atom. The number of hydrogen-bond acceptors (Lipinski definition) is 2. The molecule has 0 atom stereocenters. The van der Waals surface area contributed by atoms with Crippen molar-refractivity contribution in [1.82, 2.24) is 0 Å². The molecule has 0 unspecified atom stereocenters. The Morgan fingerprint density at radius 3 is 1.67 bits per heavy atom. The molecule has 0 aromatic carbocycles. The molecule has 0 rings (SSSR count). The Hall–Kier alpha value is 0.870. The predicted octanol–water partition coefficient (Wildman–Crippen LogP) is 0.105. The smallest absolute Gasteiger partial charge is 0.264 e.